The molecule has 2 aromatic heterocycles. The van der Waals surface area contributed by atoms with Crippen molar-refractivity contribution in [1.29, 1.82) is 0 Å². The second-order valence-corrected chi connectivity index (χ2v) is 5.10. The molecule has 3 aromatic rings. The zero-order valence-corrected chi connectivity index (χ0v) is 11.1. The Labute approximate surface area is 120 Å². The molecule has 0 radical (unpaired) electrons. The van der Waals surface area contributed by atoms with E-state index in [0.29, 0.717) is 29.7 Å². The lowest BCUT2D eigenvalue weighted by Crippen LogP contribution is -2.20. The number of aromatic amines is 1. The van der Waals surface area contributed by atoms with Crippen molar-refractivity contribution >= 4 is 22.6 Å². The molecule has 0 fully saturated rings. The minimum atomic E-state index is -0.263. The van der Waals surface area contributed by atoms with E-state index in [-0.39, 0.29) is 11.7 Å². The van der Waals surface area contributed by atoms with Crippen LogP contribution in [0.5, 0.6) is 0 Å². The van der Waals surface area contributed by atoms with Crippen molar-refractivity contribution < 1.29 is 9.18 Å². The fraction of sp³-hybridized carbons (Fsp3) is 0.125. The van der Waals surface area contributed by atoms with E-state index in [0.717, 1.165) is 16.6 Å². The second-order valence-electron chi connectivity index (χ2n) is 5.10. The Kier molecular flexibility index (Phi) is 2.54. The third kappa shape index (κ3) is 1.81. The van der Waals surface area contributed by atoms with Crippen LogP contribution in [-0.4, -0.2) is 15.9 Å². The summed E-state index contributed by atoms with van der Waals surface area (Å²) in [5.41, 5.74) is 3.23. The first-order chi connectivity index (χ1) is 10.2. The average molecular weight is 281 g/mol. The number of fused-ring (bicyclic) bond motifs is 2. The molecule has 0 bridgehead atoms. The monoisotopic (exact) mass is 281 g/mol. The van der Waals surface area contributed by atoms with Crippen LogP contribution in [0, 0.1) is 5.82 Å². The van der Waals surface area contributed by atoms with E-state index < -0.39 is 0 Å². The van der Waals surface area contributed by atoms with Crippen LogP contribution >= 0.6 is 0 Å². The van der Waals surface area contributed by atoms with Crippen molar-refractivity contribution in [1.82, 2.24) is 9.97 Å². The molecule has 4 nitrogen and oxygen atoms in total. The van der Waals surface area contributed by atoms with Gasteiger partial charge in [0.2, 0.25) is 5.91 Å². The van der Waals surface area contributed by atoms with Crippen LogP contribution in [0.25, 0.3) is 22.2 Å². The predicted octanol–water partition coefficient (Wildman–Crippen LogP) is 3.25. The number of carbonyl (C=O) groups excluding carboxylic acids is 1. The first-order valence-corrected chi connectivity index (χ1v) is 6.78. The number of benzene rings is 1. The van der Waals surface area contributed by atoms with Crippen molar-refractivity contribution in [2.75, 3.05) is 5.32 Å². The number of H-pyrrole nitrogens is 1. The lowest BCUT2D eigenvalue weighted by Gasteiger charge is -2.19. The van der Waals surface area contributed by atoms with Crippen molar-refractivity contribution in [3.05, 3.63) is 48.0 Å². The van der Waals surface area contributed by atoms with Gasteiger partial charge in [-0.25, -0.2) is 9.37 Å². The minimum absolute atomic E-state index is 0.0633. The highest BCUT2D eigenvalue weighted by atomic mass is 19.1. The molecule has 0 unspecified atom stereocenters. The number of aromatic nitrogens is 2. The molecule has 1 aromatic carbocycles. The summed E-state index contributed by atoms with van der Waals surface area (Å²) in [5, 5.41) is 3.60. The molecular formula is C16H12FN3O. The summed E-state index contributed by atoms with van der Waals surface area (Å²) in [7, 11) is 0. The molecule has 0 atom stereocenters. The molecule has 0 saturated heterocycles. The maximum atomic E-state index is 14.8. The zero-order chi connectivity index (χ0) is 14.4. The van der Waals surface area contributed by atoms with Gasteiger partial charge in [-0.1, -0.05) is 0 Å². The quantitative estimate of drug-likeness (QED) is 0.719. The normalized spacial score (nSPS) is 14.0. The smallest absolute Gasteiger partial charge is 0.224 e. The van der Waals surface area contributed by atoms with Crippen molar-refractivity contribution in [2.45, 2.75) is 12.8 Å². The lowest BCUT2D eigenvalue weighted by molar-refractivity contribution is -0.116. The minimum Gasteiger partial charge on any atom is -0.346 e. The molecule has 1 aliphatic heterocycles. The van der Waals surface area contributed by atoms with E-state index in [9.17, 15) is 9.18 Å². The number of nitrogens with zero attached hydrogens (tertiary/aromatic N) is 1. The molecule has 0 saturated carbocycles. The summed E-state index contributed by atoms with van der Waals surface area (Å²) in [4.78, 5) is 18.6. The van der Waals surface area contributed by atoms with Crippen LogP contribution in [0.15, 0.2) is 36.7 Å². The van der Waals surface area contributed by atoms with Crippen LogP contribution in [0.3, 0.4) is 0 Å². The largest absolute Gasteiger partial charge is 0.346 e. The van der Waals surface area contributed by atoms with Gasteiger partial charge < -0.3 is 10.3 Å². The number of hydrogen-bond donors (Lipinski definition) is 2. The van der Waals surface area contributed by atoms with Gasteiger partial charge in [0.05, 0.1) is 0 Å². The highest BCUT2D eigenvalue weighted by Gasteiger charge is 2.21. The Morgan fingerprint density at radius 3 is 2.90 bits per heavy atom. The van der Waals surface area contributed by atoms with Crippen molar-refractivity contribution in [2.24, 2.45) is 0 Å². The fourth-order valence-corrected chi connectivity index (χ4v) is 2.84. The van der Waals surface area contributed by atoms with Gasteiger partial charge >= 0.3 is 0 Å². The van der Waals surface area contributed by atoms with Crippen LogP contribution in [0.1, 0.15) is 12.0 Å². The Bertz CT molecular complexity index is 869. The van der Waals surface area contributed by atoms with Crippen molar-refractivity contribution in [3.8, 4) is 11.1 Å². The van der Waals surface area contributed by atoms with Gasteiger partial charge in [0, 0.05) is 41.0 Å². The maximum Gasteiger partial charge on any atom is 0.224 e. The van der Waals surface area contributed by atoms with Gasteiger partial charge in [0.15, 0.2) is 0 Å². The fourth-order valence-electron chi connectivity index (χ4n) is 2.84. The Balaban J connectivity index is 1.94. The van der Waals surface area contributed by atoms with E-state index in [1.807, 2.05) is 12.1 Å². The number of halogens is 1. The zero-order valence-electron chi connectivity index (χ0n) is 11.1. The molecule has 104 valence electrons. The summed E-state index contributed by atoms with van der Waals surface area (Å²) >= 11 is 0. The Morgan fingerprint density at radius 2 is 2.00 bits per heavy atom. The van der Waals surface area contributed by atoms with E-state index in [2.05, 4.69) is 15.3 Å². The van der Waals surface area contributed by atoms with Crippen LogP contribution in [0.4, 0.5) is 10.1 Å². The number of pyridine rings is 1. The number of nitrogens with one attached hydrogen (secondary N) is 2. The topological polar surface area (TPSA) is 57.8 Å². The van der Waals surface area contributed by atoms with Gasteiger partial charge in [-0.3, -0.25) is 4.79 Å². The number of anilines is 1. The summed E-state index contributed by atoms with van der Waals surface area (Å²) in [6, 6.07) is 7.17. The first kappa shape index (κ1) is 12.1. The molecule has 5 heteroatoms. The second kappa shape index (κ2) is 4.41. The molecule has 0 aliphatic carbocycles. The van der Waals surface area contributed by atoms with Gasteiger partial charge in [-0.15, -0.1) is 0 Å². The SMILES string of the molecule is O=C1CCc2c(ccc(-c3ccnc4[nH]ccc34)c2F)N1. The highest BCUT2D eigenvalue weighted by Crippen LogP contribution is 2.35. The van der Waals surface area contributed by atoms with Crippen molar-refractivity contribution in [3.63, 3.8) is 0 Å². The first-order valence-electron chi connectivity index (χ1n) is 6.78. The predicted molar refractivity (Wildman–Crippen MR) is 78.4 cm³/mol. The standard InChI is InChI=1S/C16H12FN3O/c17-15-10(1-3-13-12(15)2-4-14(21)20-13)9-5-7-18-16-11(9)6-8-19-16/h1,3,5-8H,2,4H2,(H,18,19)(H,20,21). The number of carbonyl (C=O) groups is 1. The van der Waals surface area contributed by atoms with Crippen LogP contribution in [0.2, 0.25) is 0 Å². The molecule has 0 spiro atoms. The summed E-state index contributed by atoms with van der Waals surface area (Å²) < 4.78 is 14.8. The van der Waals surface area contributed by atoms with Gasteiger partial charge in [0.25, 0.3) is 0 Å². The van der Waals surface area contributed by atoms with Crippen LogP contribution < -0.4 is 5.32 Å². The molecular weight excluding hydrogens is 269 g/mol. The molecule has 1 aliphatic rings. The van der Waals surface area contributed by atoms with E-state index in [1.54, 1.807) is 24.5 Å². The Hall–Kier alpha value is -2.69. The maximum absolute atomic E-state index is 14.8. The van der Waals surface area contributed by atoms with Gasteiger partial charge in [-0.05, 0) is 36.2 Å². The Morgan fingerprint density at radius 1 is 1.10 bits per heavy atom. The molecule has 3 heterocycles. The molecule has 1 amide bonds. The molecule has 21 heavy (non-hydrogen) atoms. The average Bonchev–Trinajstić information content (AvgIpc) is 2.96. The number of rotatable bonds is 1. The van der Waals surface area contributed by atoms with Gasteiger partial charge in [-0.2, -0.15) is 0 Å². The molecule has 2 N–H and O–H groups in total. The number of amides is 1. The lowest BCUT2D eigenvalue weighted by atomic mass is 9.95. The summed E-state index contributed by atoms with van der Waals surface area (Å²) in [6.07, 6.45) is 4.21. The third-order valence-corrected chi connectivity index (χ3v) is 3.87. The van der Waals surface area contributed by atoms with E-state index in [4.69, 9.17) is 0 Å². The van der Waals surface area contributed by atoms with E-state index >= 15 is 0 Å². The number of hydrogen-bond acceptors (Lipinski definition) is 2. The third-order valence-electron chi connectivity index (χ3n) is 3.87. The van der Waals surface area contributed by atoms with Gasteiger partial charge in [0.1, 0.15) is 11.5 Å². The molecule has 4 rings (SSSR count). The highest BCUT2D eigenvalue weighted by molar-refractivity contribution is 5.96. The summed E-state index contributed by atoms with van der Waals surface area (Å²) in [5.74, 6) is -0.326. The summed E-state index contributed by atoms with van der Waals surface area (Å²) in [6.45, 7) is 0. The van der Waals surface area contributed by atoms with E-state index in [1.165, 1.54) is 0 Å². The van der Waals surface area contributed by atoms with Crippen LogP contribution in [-0.2, 0) is 11.2 Å².